The summed E-state index contributed by atoms with van der Waals surface area (Å²) < 4.78 is 0. The number of hydrogen-bond acceptors (Lipinski definition) is 1. The van der Waals surface area contributed by atoms with Gasteiger partial charge in [-0.25, -0.2) is 0 Å². The lowest BCUT2D eigenvalue weighted by atomic mass is 9.72. The molecule has 2 N–H and O–H groups in total. The zero-order chi connectivity index (χ0) is 15.4. The van der Waals surface area contributed by atoms with E-state index < -0.39 is 0 Å². The molecule has 0 bridgehead atoms. The van der Waals surface area contributed by atoms with Gasteiger partial charge in [0.05, 0.1) is 0 Å². The maximum atomic E-state index is 5.80. The van der Waals surface area contributed by atoms with Crippen LogP contribution in [-0.2, 0) is 0 Å². The van der Waals surface area contributed by atoms with Crippen molar-refractivity contribution >= 4 is 5.69 Å². The summed E-state index contributed by atoms with van der Waals surface area (Å²) in [6.07, 6.45) is 14.6. The second-order valence-electron chi connectivity index (χ2n) is 7.92. The van der Waals surface area contributed by atoms with Crippen molar-refractivity contribution in [2.45, 2.75) is 77.0 Å². The standard InChI is InChI=1S/C21H33N/c1-2-16-3-5-17(6-4-16)15-18-7-9-19(10-8-18)20-11-13-21(22)14-12-20/h11-14,16-19H,2-10,15,22H2,1H3. The smallest absolute Gasteiger partial charge is 0.0314 e. The second-order valence-corrected chi connectivity index (χ2v) is 7.92. The molecule has 0 atom stereocenters. The van der Waals surface area contributed by atoms with Gasteiger partial charge in [0.15, 0.2) is 0 Å². The zero-order valence-corrected chi connectivity index (χ0v) is 14.3. The molecule has 1 aromatic carbocycles. The Hall–Kier alpha value is -0.980. The lowest BCUT2D eigenvalue weighted by molar-refractivity contribution is 0.203. The highest BCUT2D eigenvalue weighted by Gasteiger charge is 2.27. The van der Waals surface area contributed by atoms with Crippen LogP contribution in [0.15, 0.2) is 24.3 Å². The largest absolute Gasteiger partial charge is 0.399 e. The van der Waals surface area contributed by atoms with Gasteiger partial charge in [-0.1, -0.05) is 51.2 Å². The number of rotatable bonds is 4. The molecule has 2 aliphatic carbocycles. The number of nitrogens with two attached hydrogens (primary N) is 1. The fraction of sp³-hybridized carbons (Fsp3) is 0.714. The molecule has 2 fully saturated rings. The highest BCUT2D eigenvalue weighted by molar-refractivity contribution is 5.40. The van der Waals surface area contributed by atoms with Crippen molar-refractivity contribution in [1.29, 1.82) is 0 Å². The van der Waals surface area contributed by atoms with E-state index in [1.54, 1.807) is 0 Å². The molecule has 122 valence electrons. The molecule has 0 radical (unpaired) electrons. The van der Waals surface area contributed by atoms with E-state index in [0.29, 0.717) is 0 Å². The first kappa shape index (κ1) is 15.9. The molecule has 0 aromatic heterocycles. The Morgan fingerprint density at radius 3 is 1.82 bits per heavy atom. The molecule has 0 heterocycles. The Kier molecular flexibility index (Phi) is 5.44. The Balaban J connectivity index is 1.43. The molecule has 0 unspecified atom stereocenters. The first-order chi connectivity index (χ1) is 10.7. The van der Waals surface area contributed by atoms with E-state index >= 15 is 0 Å². The lowest BCUT2D eigenvalue weighted by Crippen LogP contribution is -2.20. The zero-order valence-electron chi connectivity index (χ0n) is 14.3. The molecule has 1 heteroatoms. The van der Waals surface area contributed by atoms with E-state index in [1.807, 2.05) is 0 Å². The van der Waals surface area contributed by atoms with E-state index in [4.69, 9.17) is 5.73 Å². The summed E-state index contributed by atoms with van der Waals surface area (Å²) in [5.41, 5.74) is 8.20. The summed E-state index contributed by atoms with van der Waals surface area (Å²) in [5, 5.41) is 0. The van der Waals surface area contributed by atoms with Gasteiger partial charge >= 0.3 is 0 Å². The van der Waals surface area contributed by atoms with Crippen molar-refractivity contribution < 1.29 is 0 Å². The normalized spacial score (nSPS) is 32.8. The van der Waals surface area contributed by atoms with Gasteiger partial charge in [0.25, 0.3) is 0 Å². The number of nitrogen functional groups attached to an aromatic ring is 1. The molecule has 1 aromatic rings. The van der Waals surface area contributed by atoms with Crippen LogP contribution < -0.4 is 5.73 Å². The molecule has 0 saturated heterocycles. The van der Waals surface area contributed by atoms with E-state index in [9.17, 15) is 0 Å². The molecular formula is C21H33N. The topological polar surface area (TPSA) is 26.0 Å². The van der Waals surface area contributed by atoms with Crippen LogP contribution in [0.1, 0.15) is 82.6 Å². The van der Waals surface area contributed by atoms with Crippen LogP contribution in [-0.4, -0.2) is 0 Å². The summed E-state index contributed by atoms with van der Waals surface area (Å²) in [7, 11) is 0. The first-order valence-corrected chi connectivity index (χ1v) is 9.60. The summed E-state index contributed by atoms with van der Waals surface area (Å²) in [5.74, 6) is 3.87. The highest BCUT2D eigenvalue weighted by atomic mass is 14.5. The molecule has 0 amide bonds. The molecule has 3 rings (SSSR count). The molecule has 0 spiro atoms. The lowest BCUT2D eigenvalue weighted by Gasteiger charge is -2.34. The minimum absolute atomic E-state index is 0.785. The van der Waals surface area contributed by atoms with Crippen LogP contribution in [0.25, 0.3) is 0 Å². The maximum absolute atomic E-state index is 5.80. The number of anilines is 1. The molecule has 2 saturated carbocycles. The van der Waals surface area contributed by atoms with Crippen LogP contribution in [0.2, 0.25) is 0 Å². The van der Waals surface area contributed by atoms with E-state index in [0.717, 1.165) is 29.4 Å². The van der Waals surface area contributed by atoms with Crippen molar-refractivity contribution in [2.24, 2.45) is 17.8 Å². The van der Waals surface area contributed by atoms with Gasteiger partial charge in [0, 0.05) is 5.69 Å². The van der Waals surface area contributed by atoms with Gasteiger partial charge in [-0.3, -0.25) is 0 Å². The summed E-state index contributed by atoms with van der Waals surface area (Å²) in [6.45, 7) is 2.36. The van der Waals surface area contributed by atoms with Gasteiger partial charge in [0.1, 0.15) is 0 Å². The quantitative estimate of drug-likeness (QED) is 0.663. The predicted molar refractivity (Wildman–Crippen MR) is 95.9 cm³/mol. The van der Waals surface area contributed by atoms with E-state index in [1.165, 1.54) is 69.8 Å². The average molecular weight is 300 g/mol. The van der Waals surface area contributed by atoms with Gasteiger partial charge in [-0.05, 0) is 73.5 Å². The third kappa shape index (κ3) is 4.06. The molecular weight excluding hydrogens is 266 g/mol. The van der Waals surface area contributed by atoms with E-state index in [-0.39, 0.29) is 0 Å². The summed E-state index contributed by atoms with van der Waals surface area (Å²) in [6, 6.07) is 8.61. The van der Waals surface area contributed by atoms with Gasteiger partial charge in [-0.15, -0.1) is 0 Å². The van der Waals surface area contributed by atoms with Gasteiger partial charge < -0.3 is 5.73 Å². The van der Waals surface area contributed by atoms with Gasteiger partial charge in [0.2, 0.25) is 0 Å². The Labute approximate surface area is 136 Å². The Morgan fingerprint density at radius 1 is 0.773 bits per heavy atom. The van der Waals surface area contributed by atoms with E-state index in [2.05, 4.69) is 31.2 Å². The third-order valence-electron chi connectivity index (χ3n) is 6.46. The summed E-state index contributed by atoms with van der Waals surface area (Å²) >= 11 is 0. The Morgan fingerprint density at radius 2 is 1.27 bits per heavy atom. The fourth-order valence-electron chi connectivity index (χ4n) is 4.85. The van der Waals surface area contributed by atoms with Crippen LogP contribution in [0.3, 0.4) is 0 Å². The Bertz CT molecular complexity index is 433. The van der Waals surface area contributed by atoms with Crippen molar-refractivity contribution in [1.82, 2.24) is 0 Å². The molecule has 0 aliphatic heterocycles. The van der Waals surface area contributed by atoms with Crippen LogP contribution in [0, 0.1) is 17.8 Å². The predicted octanol–water partition coefficient (Wildman–Crippen LogP) is 6.15. The van der Waals surface area contributed by atoms with Crippen LogP contribution in [0.5, 0.6) is 0 Å². The second kappa shape index (κ2) is 7.53. The highest BCUT2D eigenvalue weighted by Crippen LogP contribution is 2.41. The van der Waals surface area contributed by atoms with Gasteiger partial charge in [-0.2, -0.15) is 0 Å². The minimum atomic E-state index is 0.785. The fourth-order valence-corrected chi connectivity index (χ4v) is 4.85. The average Bonchev–Trinajstić information content (AvgIpc) is 2.57. The molecule has 22 heavy (non-hydrogen) atoms. The number of benzene rings is 1. The molecule has 2 aliphatic rings. The minimum Gasteiger partial charge on any atom is -0.399 e. The van der Waals surface area contributed by atoms with Crippen LogP contribution in [0.4, 0.5) is 5.69 Å². The van der Waals surface area contributed by atoms with Crippen molar-refractivity contribution in [3.05, 3.63) is 29.8 Å². The SMILES string of the molecule is CCC1CCC(CC2CCC(c3ccc(N)cc3)CC2)CC1. The first-order valence-electron chi connectivity index (χ1n) is 9.60. The van der Waals surface area contributed by atoms with Crippen molar-refractivity contribution in [3.8, 4) is 0 Å². The maximum Gasteiger partial charge on any atom is 0.0314 e. The molecule has 1 nitrogen and oxygen atoms in total. The third-order valence-corrected chi connectivity index (χ3v) is 6.46. The monoisotopic (exact) mass is 299 g/mol. The number of hydrogen-bond donors (Lipinski definition) is 1. The van der Waals surface area contributed by atoms with Crippen molar-refractivity contribution in [3.63, 3.8) is 0 Å². The summed E-state index contributed by atoms with van der Waals surface area (Å²) in [4.78, 5) is 0. The van der Waals surface area contributed by atoms with Crippen LogP contribution >= 0.6 is 0 Å². The van der Waals surface area contributed by atoms with Crippen molar-refractivity contribution in [2.75, 3.05) is 5.73 Å².